The van der Waals surface area contributed by atoms with Crippen molar-refractivity contribution < 1.29 is 14.3 Å². The Bertz CT molecular complexity index is 986. The first kappa shape index (κ1) is 23.1. The number of ether oxygens (including phenoxy) is 1. The highest BCUT2D eigenvalue weighted by molar-refractivity contribution is 6.07. The summed E-state index contributed by atoms with van der Waals surface area (Å²) in [4.78, 5) is 30.0. The molecule has 2 amide bonds. The second-order valence-electron chi connectivity index (χ2n) is 9.22. The van der Waals surface area contributed by atoms with Crippen LogP contribution in [0.4, 0.5) is 11.4 Å². The number of hydrogen-bond acceptors (Lipinski definition) is 4. The number of carbonyl (C=O) groups is 2. The van der Waals surface area contributed by atoms with Crippen molar-refractivity contribution in [3.8, 4) is 0 Å². The van der Waals surface area contributed by atoms with Crippen LogP contribution in [0, 0.1) is 11.8 Å². The highest BCUT2D eigenvalue weighted by Gasteiger charge is 2.27. The van der Waals surface area contributed by atoms with Gasteiger partial charge in [-0.2, -0.15) is 0 Å². The molecule has 2 aliphatic heterocycles. The lowest BCUT2D eigenvalue weighted by Gasteiger charge is -2.35. The monoisotopic (exact) mass is 447 g/mol. The van der Waals surface area contributed by atoms with Gasteiger partial charge in [-0.3, -0.25) is 9.59 Å². The van der Waals surface area contributed by atoms with E-state index in [4.69, 9.17) is 4.74 Å². The van der Waals surface area contributed by atoms with Gasteiger partial charge in [-0.05, 0) is 54.2 Å². The molecule has 33 heavy (non-hydrogen) atoms. The fourth-order valence-electron chi connectivity index (χ4n) is 4.74. The number of nitrogens with one attached hydrogen (secondary N) is 1. The van der Waals surface area contributed by atoms with Crippen LogP contribution in [0.25, 0.3) is 6.08 Å². The van der Waals surface area contributed by atoms with Crippen molar-refractivity contribution in [2.75, 3.05) is 49.6 Å². The molecule has 1 N–H and O–H groups in total. The number of carbonyl (C=O) groups excluding carboxylic acids is 2. The minimum Gasteiger partial charge on any atom is -0.378 e. The van der Waals surface area contributed by atoms with Crippen LogP contribution in [0.5, 0.6) is 0 Å². The van der Waals surface area contributed by atoms with Crippen LogP contribution in [0.15, 0.2) is 54.6 Å². The van der Waals surface area contributed by atoms with E-state index in [9.17, 15) is 9.59 Å². The van der Waals surface area contributed by atoms with Crippen molar-refractivity contribution in [1.29, 1.82) is 0 Å². The molecule has 2 saturated heterocycles. The van der Waals surface area contributed by atoms with E-state index in [-0.39, 0.29) is 11.8 Å². The van der Waals surface area contributed by atoms with Crippen molar-refractivity contribution in [2.45, 2.75) is 20.3 Å². The highest BCUT2D eigenvalue weighted by atomic mass is 16.5. The van der Waals surface area contributed by atoms with Crippen molar-refractivity contribution in [3.05, 3.63) is 65.7 Å². The molecule has 0 bridgehead atoms. The number of nitrogens with zero attached hydrogens (tertiary/aromatic N) is 2. The minimum absolute atomic E-state index is 0.0213. The summed E-state index contributed by atoms with van der Waals surface area (Å²) < 4.78 is 5.40. The van der Waals surface area contributed by atoms with Gasteiger partial charge in [-0.25, -0.2) is 0 Å². The number of para-hydroxylation sites is 1. The molecule has 0 aromatic heterocycles. The lowest BCUT2D eigenvalue weighted by Crippen LogP contribution is -2.42. The Labute approximate surface area is 196 Å². The summed E-state index contributed by atoms with van der Waals surface area (Å²) in [6, 6.07) is 15.4. The van der Waals surface area contributed by atoms with Gasteiger partial charge in [0, 0.05) is 37.9 Å². The molecule has 0 radical (unpaired) electrons. The molecule has 0 saturated carbocycles. The van der Waals surface area contributed by atoms with Crippen LogP contribution in [-0.2, 0) is 9.53 Å². The molecule has 6 heteroatoms. The molecule has 0 aliphatic carbocycles. The predicted octanol–water partition coefficient (Wildman–Crippen LogP) is 4.29. The standard InChI is InChI=1S/C27H33N3O3/c1-20-17-21(2)19-30(18-20)27(32)24-5-3-4-6-25(24)28-26(31)12-9-22-7-10-23(11-8-22)29-13-15-33-16-14-29/h3-12,20-21H,13-19H2,1-2H3,(H,28,31)/b12-9+. The molecular formula is C27H33N3O3. The van der Waals surface area contributed by atoms with E-state index in [0.29, 0.717) is 23.1 Å². The summed E-state index contributed by atoms with van der Waals surface area (Å²) in [6.45, 7) is 9.17. The van der Waals surface area contributed by atoms with Crippen molar-refractivity contribution in [3.63, 3.8) is 0 Å². The zero-order chi connectivity index (χ0) is 23.2. The molecule has 2 heterocycles. The molecule has 2 unspecified atom stereocenters. The van der Waals surface area contributed by atoms with Crippen LogP contribution in [0.3, 0.4) is 0 Å². The third kappa shape index (κ3) is 6.02. The molecule has 2 atom stereocenters. The molecule has 6 nitrogen and oxygen atoms in total. The van der Waals surface area contributed by atoms with Crippen LogP contribution in [-0.4, -0.2) is 56.1 Å². The lowest BCUT2D eigenvalue weighted by molar-refractivity contribution is -0.111. The molecular weight excluding hydrogens is 414 g/mol. The topological polar surface area (TPSA) is 61.9 Å². The van der Waals surface area contributed by atoms with Gasteiger partial charge in [0.15, 0.2) is 0 Å². The van der Waals surface area contributed by atoms with E-state index in [1.807, 2.05) is 29.2 Å². The van der Waals surface area contributed by atoms with E-state index in [1.54, 1.807) is 18.2 Å². The Morgan fingerprint density at radius 1 is 0.970 bits per heavy atom. The quantitative estimate of drug-likeness (QED) is 0.695. The fraction of sp³-hybridized carbons (Fsp3) is 0.407. The van der Waals surface area contributed by atoms with Crippen molar-refractivity contribution >= 4 is 29.3 Å². The zero-order valence-electron chi connectivity index (χ0n) is 19.5. The van der Waals surface area contributed by atoms with Crippen LogP contribution in [0.1, 0.15) is 36.2 Å². The Morgan fingerprint density at radius 2 is 1.64 bits per heavy atom. The van der Waals surface area contributed by atoms with Gasteiger partial charge in [0.2, 0.25) is 5.91 Å². The predicted molar refractivity (Wildman–Crippen MR) is 132 cm³/mol. The number of piperidine rings is 1. The highest BCUT2D eigenvalue weighted by Crippen LogP contribution is 2.25. The van der Waals surface area contributed by atoms with Gasteiger partial charge in [0.25, 0.3) is 5.91 Å². The summed E-state index contributed by atoms with van der Waals surface area (Å²) in [5, 5.41) is 2.89. The van der Waals surface area contributed by atoms with Crippen LogP contribution in [0.2, 0.25) is 0 Å². The normalized spacial score (nSPS) is 21.3. The first-order chi connectivity index (χ1) is 16.0. The number of amides is 2. The molecule has 0 spiro atoms. The number of benzene rings is 2. The minimum atomic E-state index is -0.257. The molecule has 2 fully saturated rings. The number of anilines is 2. The third-order valence-corrected chi connectivity index (χ3v) is 6.27. The summed E-state index contributed by atoms with van der Waals surface area (Å²) in [5.74, 6) is 0.689. The zero-order valence-corrected chi connectivity index (χ0v) is 19.5. The molecule has 4 rings (SSSR count). The van der Waals surface area contributed by atoms with E-state index in [2.05, 4.69) is 36.2 Å². The largest absolute Gasteiger partial charge is 0.378 e. The summed E-state index contributed by atoms with van der Waals surface area (Å²) >= 11 is 0. The number of hydrogen-bond donors (Lipinski definition) is 1. The van der Waals surface area contributed by atoms with Crippen molar-refractivity contribution in [2.24, 2.45) is 11.8 Å². The number of likely N-dealkylation sites (tertiary alicyclic amines) is 1. The van der Waals surface area contributed by atoms with E-state index >= 15 is 0 Å². The maximum absolute atomic E-state index is 13.2. The van der Waals surface area contributed by atoms with Crippen LogP contribution >= 0.6 is 0 Å². The van der Waals surface area contributed by atoms with E-state index in [1.165, 1.54) is 6.08 Å². The summed E-state index contributed by atoms with van der Waals surface area (Å²) in [7, 11) is 0. The summed E-state index contributed by atoms with van der Waals surface area (Å²) in [6.07, 6.45) is 4.44. The summed E-state index contributed by atoms with van der Waals surface area (Å²) in [5.41, 5.74) is 3.19. The Morgan fingerprint density at radius 3 is 2.33 bits per heavy atom. The first-order valence-electron chi connectivity index (χ1n) is 11.8. The third-order valence-electron chi connectivity index (χ3n) is 6.27. The second-order valence-corrected chi connectivity index (χ2v) is 9.22. The Kier molecular flexibility index (Phi) is 7.45. The lowest BCUT2D eigenvalue weighted by atomic mass is 9.91. The molecule has 2 aromatic carbocycles. The average Bonchev–Trinajstić information content (AvgIpc) is 2.83. The van der Waals surface area contributed by atoms with Gasteiger partial charge in [0.1, 0.15) is 0 Å². The van der Waals surface area contributed by atoms with Gasteiger partial charge in [0.05, 0.1) is 24.5 Å². The molecule has 2 aliphatic rings. The fourth-order valence-corrected chi connectivity index (χ4v) is 4.74. The first-order valence-corrected chi connectivity index (χ1v) is 11.8. The Hall–Kier alpha value is -3.12. The van der Waals surface area contributed by atoms with E-state index in [0.717, 1.165) is 57.1 Å². The number of rotatable bonds is 5. The maximum atomic E-state index is 13.2. The van der Waals surface area contributed by atoms with Gasteiger partial charge < -0.3 is 19.9 Å². The average molecular weight is 448 g/mol. The Balaban J connectivity index is 1.39. The van der Waals surface area contributed by atoms with Gasteiger partial charge in [-0.1, -0.05) is 38.1 Å². The maximum Gasteiger partial charge on any atom is 0.255 e. The molecule has 2 aromatic rings. The SMILES string of the molecule is CC1CC(C)CN(C(=O)c2ccccc2NC(=O)/C=C/c2ccc(N3CCOCC3)cc2)C1. The number of morpholine rings is 1. The van der Waals surface area contributed by atoms with Crippen molar-refractivity contribution in [1.82, 2.24) is 4.90 Å². The van der Waals surface area contributed by atoms with Crippen LogP contribution < -0.4 is 10.2 Å². The second kappa shape index (κ2) is 10.7. The van der Waals surface area contributed by atoms with E-state index < -0.39 is 0 Å². The van der Waals surface area contributed by atoms with Gasteiger partial charge in [-0.15, -0.1) is 0 Å². The molecule has 174 valence electrons. The smallest absolute Gasteiger partial charge is 0.255 e. The van der Waals surface area contributed by atoms with Gasteiger partial charge >= 0.3 is 0 Å².